The first kappa shape index (κ1) is 16.4. The summed E-state index contributed by atoms with van der Waals surface area (Å²) >= 11 is 5.95. The Morgan fingerprint density at radius 2 is 1.84 bits per heavy atom. The van der Waals surface area contributed by atoms with E-state index < -0.39 is 0 Å². The monoisotopic (exact) mass is 284 g/mol. The minimum absolute atomic E-state index is 0.0372. The third kappa shape index (κ3) is 4.46. The van der Waals surface area contributed by atoms with Crippen LogP contribution in [0.25, 0.3) is 0 Å². The van der Waals surface area contributed by atoms with Gasteiger partial charge in [0.05, 0.1) is 12.6 Å². The van der Waals surface area contributed by atoms with E-state index in [2.05, 4.69) is 25.7 Å². The van der Waals surface area contributed by atoms with Gasteiger partial charge in [0.15, 0.2) is 0 Å². The lowest BCUT2D eigenvalue weighted by molar-refractivity contribution is 0.101. The fourth-order valence-electron chi connectivity index (χ4n) is 2.40. The second-order valence-corrected chi connectivity index (χ2v) is 5.56. The van der Waals surface area contributed by atoms with Crippen molar-refractivity contribution in [2.24, 2.45) is 5.73 Å². The summed E-state index contributed by atoms with van der Waals surface area (Å²) in [6.45, 7) is 7.10. The van der Waals surface area contributed by atoms with Crippen LogP contribution in [-0.2, 0) is 0 Å². The summed E-state index contributed by atoms with van der Waals surface area (Å²) in [7, 11) is 0. The number of aliphatic hydroxyl groups excluding tert-OH is 1. The molecule has 0 bridgehead atoms. The molecule has 2 atom stereocenters. The van der Waals surface area contributed by atoms with E-state index in [1.807, 2.05) is 24.3 Å². The van der Waals surface area contributed by atoms with Crippen LogP contribution in [-0.4, -0.2) is 35.2 Å². The van der Waals surface area contributed by atoms with Crippen molar-refractivity contribution >= 4 is 11.6 Å². The molecule has 1 aromatic carbocycles. The minimum atomic E-state index is 0.0372. The number of rotatable bonds is 7. The van der Waals surface area contributed by atoms with Crippen molar-refractivity contribution < 1.29 is 5.11 Å². The van der Waals surface area contributed by atoms with Crippen LogP contribution >= 0.6 is 11.6 Å². The zero-order chi connectivity index (χ0) is 14.4. The SMILES string of the molecule is CCC(N)C(c1ccc(Cl)cc1)N(CCO)C(C)C. The van der Waals surface area contributed by atoms with Crippen molar-refractivity contribution in [3.8, 4) is 0 Å². The highest BCUT2D eigenvalue weighted by Crippen LogP contribution is 2.27. The van der Waals surface area contributed by atoms with Gasteiger partial charge in [-0.3, -0.25) is 4.90 Å². The predicted octanol–water partition coefficient (Wildman–Crippen LogP) is 2.82. The van der Waals surface area contributed by atoms with E-state index in [1.54, 1.807) is 0 Å². The fraction of sp³-hybridized carbons (Fsp3) is 0.600. The van der Waals surface area contributed by atoms with Gasteiger partial charge in [0.25, 0.3) is 0 Å². The van der Waals surface area contributed by atoms with E-state index in [-0.39, 0.29) is 18.7 Å². The van der Waals surface area contributed by atoms with Gasteiger partial charge >= 0.3 is 0 Å². The van der Waals surface area contributed by atoms with Crippen LogP contribution in [0.3, 0.4) is 0 Å². The Labute approximate surface area is 121 Å². The van der Waals surface area contributed by atoms with Gasteiger partial charge in [0, 0.05) is 23.7 Å². The molecular formula is C15H25ClN2O. The quantitative estimate of drug-likeness (QED) is 0.809. The van der Waals surface area contributed by atoms with E-state index in [9.17, 15) is 5.11 Å². The van der Waals surface area contributed by atoms with E-state index in [1.165, 1.54) is 0 Å². The van der Waals surface area contributed by atoms with E-state index in [4.69, 9.17) is 17.3 Å². The molecule has 4 heteroatoms. The summed E-state index contributed by atoms with van der Waals surface area (Å²) < 4.78 is 0. The second-order valence-electron chi connectivity index (χ2n) is 5.12. The first-order valence-electron chi connectivity index (χ1n) is 6.88. The molecule has 2 unspecified atom stereocenters. The zero-order valence-electron chi connectivity index (χ0n) is 12.0. The highest BCUT2D eigenvalue weighted by Gasteiger charge is 2.27. The lowest BCUT2D eigenvalue weighted by Gasteiger charge is -2.38. The fourth-order valence-corrected chi connectivity index (χ4v) is 2.53. The maximum Gasteiger partial charge on any atom is 0.0558 e. The third-order valence-electron chi connectivity index (χ3n) is 3.47. The van der Waals surface area contributed by atoms with Crippen molar-refractivity contribution in [2.75, 3.05) is 13.2 Å². The lowest BCUT2D eigenvalue weighted by Crippen LogP contribution is -2.45. The Morgan fingerprint density at radius 3 is 2.26 bits per heavy atom. The summed E-state index contributed by atoms with van der Waals surface area (Å²) in [6, 6.07) is 8.30. The van der Waals surface area contributed by atoms with Gasteiger partial charge in [0.2, 0.25) is 0 Å². The summed E-state index contributed by atoms with van der Waals surface area (Å²) in [6.07, 6.45) is 0.891. The summed E-state index contributed by atoms with van der Waals surface area (Å²) in [5.74, 6) is 0. The molecule has 0 fully saturated rings. The van der Waals surface area contributed by atoms with Gasteiger partial charge in [0.1, 0.15) is 0 Å². The van der Waals surface area contributed by atoms with Crippen LogP contribution in [0, 0.1) is 0 Å². The molecule has 0 aliphatic carbocycles. The Morgan fingerprint density at radius 1 is 1.26 bits per heavy atom. The van der Waals surface area contributed by atoms with Crippen molar-refractivity contribution in [3.63, 3.8) is 0 Å². The predicted molar refractivity (Wildman–Crippen MR) is 81.4 cm³/mol. The molecule has 1 rings (SSSR count). The average molecular weight is 285 g/mol. The molecule has 108 valence electrons. The second kappa shape index (κ2) is 7.85. The summed E-state index contributed by atoms with van der Waals surface area (Å²) in [4.78, 5) is 2.25. The molecule has 0 aliphatic heterocycles. The summed E-state index contributed by atoms with van der Waals surface area (Å²) in [5.41, 5.74) is 7.45. The van der Waals surface area contributed by atoms with Gasteiger partial charge in [-0.15, -0.1) is 0 Å². The Balaban J connectivity index is 3.08. The summed E-state index contributed by atoms with van der Waals surface area (Å²) in [5, 5.41) is 10.0. The van der Waals surface area contributed by atoms with Crippen molar-refractivity contribution in [1.82, 2.24) is 4.90 Å². The van der Waals surface area contributed by atoms with Crippen molar-refractivity contribution in [1.29, 1.82) is 0 Å². The molecule has 1 aromatic rings. The van der Waals surface area contributed by atoms with Crippen LogP contribution in [0.15, 0.2) is 24.3 Å². The van der Waals surface area contributed by atoms with Crippen LogP contribution in [0.5, 0.6) is 0 Å². The number of aliphatic hydroxyl groups is 1. The van der Waals surface area contributed by atoms with Gasteiger partial charge in [-0.2, -0.15) is 0 Å². The molecule has 0 aromatic heterocycles. The maximum absolute atomic E-state index is 9.28. The molecule has 0 amide bonds. The largest absolute Gasteiger partial charge is 0.395 e. The van der Waals surface area contributed by atoms with Crippen molar-refractivity contribution in [3.05, 3.63) is 34.9 Å². The van der Waals surface area contributed by atoms with E-state index >= 15 is 0 Å². The topological polar surface area (TPSA) is 49.5 Å². The van der Waals surface area contributed by atoms with Crippen molar-refractivity contribution in [2.45, 2.75) is 45.3 Å². The smallest absolute Gasteiger partial charge is 0.0558 e. The number of hydrogen-bond acceptors (Lipinski definition) is 3. The lowest BCUT2D eigenvalue weighted by atomic mass is 9.95. The van der Waals surface area contributed by atoms with Gasteiger partial charge in [-0.25, -0.2) is 0 Å². The van der Waals surface area contributed by atoms with Gasteiger partial charge < -0.3 is 10.8 Å². The highest BCUT2D eigenvalue weighted by molar-refractivity contribution is 6.30. The average Bonchev–Trinajstić information content (AvgIpc) is 2.39. The third-order valence-corrected chi connectivity index (χ3v) is 3.72. The number of nitrogens with two attached hydrogens (primary N) is 1. The van der Waals surface area contributed by atoms with Crippen LogP contribution in [0.4, 0.5) is 0 Å². The first-order chi connectivity index (χ1) is 9.01. The number of benzene rings is 1. The van der Waals surface area contributed by atoms with E-state index in [0.717, 1.165) is 17.0 Å². The molecule has 0 aliphatic rings. The molecule has 0 radical (unpaired) electrons. The van der Waals surface area contributed by atoms with Gasteiger partial charge in [-0.05, 0) is 38.0 Å². The van der Waals surface area contributed by atoms with Gasteiger partial charge in [-0.1, -0.05) is 30.7 Å². The minimum Gasteiger partial charge on any atom is -0.395 e. The molecule has 3 N–H and O–H groups in total. The molecule has 3 nitrogen and oxygen atoms in total. The van der Waals surface area contributed by atoms with Crippen LogP contribution < -0.4 is 5.73 Å². The standard InChI is InChI=1S/C15H25ClN2O/c1-4-14(17)15(18(9-10-19)11(2)3)12-5-7-13(16)8-6-12/h5-8,11,14-15,19H,4,9-10,17H2,1-3H3. The number of hydrogen-bond donors (Lipinski definition) is 2. The van der Waals surface area contributed by atoms with Crippen LogP contribution in [0.2, 0.25) is 5.02 Å². The van der Waals surface area contributed by atoms with E-state index in [0.29, 0.717) is 12.6 Å². The Hall–Kier alpha value is -0.610. The first-order valence-corrected chi connectivity index (χ1v) is 7.26. The maximum atomic E-state index is 9.28. The molecule has 0 spiro atoms. The Bertz CT molecular complexity index is 367. The zero-order valence-corrected chi connectivity index (χ0v) is 12.8. The number of halogens is 1. The molecule has 0 saturated carbocycles. The molecule has 0 saturated heterocycles. The normalized spacial score (nSPS) is 14.9. The Kier molecular flexibility index (Phi) is 6.80. The number of nitrogens with zero attached hydrogens (tertiary/aromatic N) is 1. The molecule has 19 heavy (non-hydrogen) atoms. The van der Waals surface area contributed by atoms with Crippen LogP contribution in [0.1, 0.15) is 38.8 Å². The molecular weight excluding hydrogens is 260 g/mol. The molecule has 0 heterocycles. The highest BCUT2D eigenvalue weighted by atomic mass is 35.5.